The molecule has 0 fully saturated rings. The van der Waals surface area contributed by atoms with Crippen molar-refractivity contribution >= 4 is 11.3 Å². The Balaban J connectivity index is 1.94. The van der Waals surface area contributed by atoms with Crippen LogP contribution in [0.2, 0.25) is 0 Å². The molecule has 1 aromatic heterocycles. The minimum absolute atomic E-state index is 0.258. The summed E-state index contributed by atoms with van der Waals surface area (Å²) in [6.45, 7) is 9.96. The standard InChI is InChI=1S/C17H23NS/c1-13(14-8-6-5-7-9-14)18-12-15-10-11-16(19-15)17(2,3)4/h5-11,13,18H,12H2,1-4H3/t13-/m0/s1. The van der Waals surface area contributed by atoms with Gasteiger partial charge in [0.25, 0.3) is 0 Å². The van der Waals surface area contributed by atoms with Crippen LogP contribution in [0.3, 0.4) is 0 Å². The maximum absolute atomic E-state index is 3.59. The van der Waals surface area contributed by atoms with Crippen molar-refractivity contribution in [2.45, 2.75) is 45.7 Å². The lowest BCUT2D eigenvalue weighted by molar-refractivity contribution is 0.579. The summed E-state index contributed by atoms with van der Waals surface area (Å²) in [7, 11) is 0. The fourth-order valence-corrected chi connectivity index (χ4v) is 3.01. The zero-order chi connectivity index (χ0) is 13.9. The summed E-state index contributed by atoms with van der Waals surface area (Å²) in [6.07, 6.45) is 0. The molecule has 2 heteroatoms. The molecule has 0 aliphatic carbocycles. The summed E-state index contributed by atoms with van der Waals surface area (Å²) in [6, 6.07) is 15.5. The van der Waals surface area contributed by atoms with Gasteiger partial charge < -0.3 is 5.32 Å². The third-order valence-electron chi connectivity index (χ3n) is 3.28. The van der Waals surface area contributed by atoms with Crippen molar-refractivity contribution in [1.29, 1.82) is 0 Å². The second-order valence-corrected chi connectivity index (χ2v) is 7.20. The number of nitrogens with one attached hydrogen (secondary N) is 1. The van der Waals surface area contributed by atoms with Gasteiger partial charge >= 0.3 is 0 Å². The number of thiophene rings is 1. The number of benzene rings is 1. The SMILES string of the molecule is C[C@H](NCc1ccc(C(C)(C)C)s1)c1ccccc1. The summed E-state index contributed by atoms with van der Waals surface area (Å²) in [5.41, 5.74) is 1.60. The van der Waals surface area contributed by atoms with Gasteiger partial charge in [0.2, 0.25) is 0 Å². The zero-order valence-electron chi connectivity index (χ0n) is 12.2. The minimum atomic E-state index is 0.258. The lowest BCUT2D eigenvalue weighted by Gasteiger charge is -2.16. The topological polar surface area (TPSA) is 12.0 Å². The average Bonchev–Trinajstić information content (AvgIpc) is 2.86. The van der Waals surface area contributed by atoms with Crippen LogP contribution in [0.5, 0.6) is 0 Å². The van der Waals surface area contributed by atoms with Crippen molar-refractivity contribution in [2.24, 2.45) is 0 Å². The molecule has 0 unspecified atom stereocenters. The van der Waals surface area contributed by atoms with E-state index in [2.05, 4.69) is 75.5 Å². The van der Waals surface area contributed by atoms with Crippen LogP contribution in [-0.2, 0) is 12.0 Å². The summed E-state index contributed by atoms with van der Waals surface area (Å²) in [5, 5.41) is 3.59. The van der Waals surface area contributed by atoms with Crippen molar-refractivity contribution in [3.05, 3.63) is 57.8 Å². The number of hydrogen-bond donors (Lipinski definition) is 1. The van der Waals surface area contributed by atoms with Gasteiger partial charge in [-0.25, -0.2) is 0 Å². The maximum Gasteiger partial charge on any atom is 0.0305 e. The van der Waals surface area contributed by atoms with Crippen LogP contribution < -0.4 is 5.32 Å². The van der Waals surface area contributed by atoms with Crippen molar-refractivity contribution in [2.75, 3.05) is 0 Å². The molecule has 1 N–H and O–H groups in total. The predicted molar refractivity (Wildman–Crippen MR) is 84.7 cm³/mol. The maximum atomic E-state index is 3.59. The molecule has 1 nitrogen and oxygen atoms in total. The van der Waals surface area contributed by atoms with E-state index in [0.717, 1.165) is 6.54 Å². The van der Waals surface area contributed by atoms with E-state index in [9.17, 15) is 0 Å². The van der Waals surface area contributed by atoms with E-state index in [0.29, 0.717) is 6.04 Å². The van der Waals surface area contributed by atoms with E-state index >= 15 is 0 Å². The Kier molecular flexibility index (Phi) is 4.43. The van der Waals surface area contributed by atoms with Gasteiger partial charge in [-0.15, -0.1) is 11.3 Å². The average molecular weight is 273 g/mol. The highest BCUT2D eigenvalue weighted by molar-refractivity contribution is 7.12. The molecule has 2 aromatic rings. The Hall–Kier alpha value is -1.12. The van der Waals surface area contributed by atoms with Crippen LogP contribution in [0, 0.1) is 0 Å². The van der Waals surface area contributed by atoms with E-state index in [-0.39, 0.29) is 5.41 Å². The van der Waals surface area contributed by atoms with E-state index in [1.165, 1.54) is 15.3 Å². The largest absolute Gasteiger partial charge is 0.305 e. The van der Waals surface area contributed by atoms with Crippen LogP contribution in [0.25, 0.3) is 0 Å². The third kappa shape index (κ3) is 3.92. The van der Waals surface area contributed by atoms with Crippen LogP contribution in [0.15, 0.2) is 42.5 Å². The first-order valence-electron chi connectivity index (χ1n) is 6.84. The Morgan fingerprint density at radius 2 is 1.74 bits per heavy atom. The molecule has 0 aliphatic rings. The predicted octanol–water partition coefficient (Wildman–Crippen LogP) is 4.90. The van der Waals surface area contributed by atoms with Crippen molar-refractivity contribution in [1.82, 2.24) is 5.32 Å². The van der Waals surface area contributed by atoms with Gasteiger partial charge in [0, 0.05) is 22.3 Å². The summed E-state index contributed by atoms with van der Waals surface area (Å²) < 4.78 is 0. The molecule has 0 bridgehead atoms. The number of rotatable bonds is 4. The first-order valence-corrected chi connectivity index (χ1v) is 7.66. The first kappa shape index (κ1) is 14.3. The van der Waals surface area contributed by atoms with Crippen LogP contribution in [0.1, 0.15) is 49.1 Å². The second-order valence-electron chi connectivity index (χ2n) is 6.03. The van der Waals surface area contributed by atoms with Crippen LogP contribution >= 0.6 is 11.3 Å². The highest BCUT2D eigenvalue weighted by Crippen LogP contribution is 2.29. The molecule has 2 rings (SSSR count). The monoisotopic (exact) mass is 273 g/mol. The highest BCUT2D eigenvalue weighted by atomic mass is 32.1. The molecule has 0 saturated heterocycles. The summed E-state index contributed by atoms with van der Waals surface area (Å²) in [5.74, 6) is 0. The van der Waals surface area contributed by atoms with Gasteiger partial charge in [-0.1, -0.05) is 51.1 Å². The Morgan fingerprint density at radius 1 is 1.05 bits per heavy atom. The Labute approximate surface area is 120 Å². The van der Waals surface area contributed by atoms with Crippen LogP contribution in [-0.4, -0.2) is 0 Å². The molecular weight excluding hydrogens is 250 g/mol. The summed E-state index contributed by atoms with van der Waals surface area (Å²) >= 11 is 1.91. The lowest BCUT2D eigenvalue weighted by Crippen LogP contribution is -2.17. The Morgan fingerprint density at radius 3 is 2.32 bits per heavy atom. The van der Waals surface area contributed by atoms with Gasteiger partial charge in [-0.05, 0) is 30.0 Å². The van der Waals surface area contributed by atoms with E-state index in [4.69, 9.17) is 0 Å². The molecule has 1 atom stereocenters. The first-order chi connectivity index (χ1) is 8.97. The summed E-state index contributed by atoms with van der Waals surface area (Å²) in [4.78, 5) is 2.87. The molecule has 0 spiro atoms. The fourth-order valence-electron chi connectivity index (χ4n) is 1.99. The smallest absolute Gasteiger partial charge is 0.0305 e. The Bertz CT molecular complexity index is 508. The van der Waals surface area contributed by atoms with Gasteiger partial charge in [0.1, 0.15) is 0 Å². The molecule has 1 aromatic carbocycles. The second kappa shape index (κ2) is 5.89. The van der Waals surface area contributed by atoms with Gasteiger partial charge in [0.05, 0.1) is 0 Å². The van der Waals surface area contributed by atoms with Gasteiger partial charge in [0.15, 0.2) is 0 Å². The fraction of sp³-hybridized carbons (Fsp3) is 0.412. The molecule has 102 valence electrons. The lowest BCUT2D eigenvalue weighted by atomic mass is 9.95. The van der Waals surface area contributed by atoms with Gasteiger partial charge in [-0.2, -0.15) is 0 Å². The quantitative estimate of drug-likeness (QED) is 0.835. The molecule has 0 saturated carbocycles. The third-order valence-corrected chi connectivity index (χ3v) is 4.79. The molecular formula is C17H23NS. The molecule has 0 amide bonds. The number of hydrogen-bond acceptors (Lipinski definition) is 2. The van der Waals surface area contributed by atoms with Crippen molar-refractivity contribution in [3.63, 3.8) is 0 Å². The molecule has 0 aliphatic heterocycles. The normalized spacial score (nSPS) is 13.5. The van der Waals surface area contributed by atoms with Gasteiger partial charge in [-0.3, -0.25) is 0 Å². The van der Waals surface area contributed by atoms with Crippen LogP contribution in [0.4, 0.5) is 0 Å². The van der Waals surface area contributed by atoms with Crippen molar-refractivity contribution < 1.29 is 0 Å². The highest BCUT2D eigenvalue weighted by Gasteiger charge is 2.16. The molecule has 19 heavy (non-hydrogen) atoms. The zero-order valence-corrected chi connectivity index (χ0v) is 13.1. The van der Waals surface area contributed by atoms with E-state index < -0.39 is 0 Å². The molecule has 0 radical (unpaired) electrons. The molecule has 1 heterocycles. The minimum Gasteiger partial charge on any atom is -0.305 e. The van der Waals surface area contributed by atoms with E-state index in [1.54, 1.807) is 0 Å². The van der Waals surface area contributed by atoms with E-state index in [1.807, 2.05) is 11.3 Å². The van der Waals surface area contributed by atoms with Crippen molar-refractivity contribution in [3.8, 4) is 0 Å².